The molecule has 5 N–H and O–H groups in total. The molecule has 0 aromatic heterocycles. The number of nitrogens with zero attached hydrogens (tertiary/aromatic N) is 2. The molecule has 2 saturated heterocycles. The first-order chi connectivity index (χ1) is 28.7. The number of amides is 5. The minimum absolute atomic E-state index is 0.0633. The highest BCUT2D eigenvalue weighted by Gasteiger charge is 2.40. The van der Waals surface area contributed by atoms with Gasteiger partial charge in [0.1, 0.15) is 0 Å². The van der Waals surface area contributed by atoms with Gasteiger partial charge in [-0.15, -0.1) is 0 Å². The van der Waals surface area contributed by atoms with Gasteiger partial charge in [-0.25, -0.2) is 0 Å². The van der Waals surface area contributed by atoms with Gasteiger partial charge in [0.2, 0.25) is 17.7 Å². The van der Waals surface area contributed by atoms with Crippen LogP contribution in [0.25, 0.3) is 11.1 Å². The average Bonchev–Trinajstić information content (AvgIpc) is 3.65. The molecule has 0 bridgehead atoms. The first kappa shape index (κ1) is 42.7. The quantitative estimate of drug-likeness (QED) is 0.124. The molecule has 12 heteroatoms. The summed E-state index contributed by atoms with van der Waals surface area (Å²) in [6.45, 7) is 4.91. The van der Waals surface area contributed by atoms with Crippen molar-refractivity contribution in [2.75, 3.05) is 52.5 Å². The van der Waals surface area contributed by atoms with E-state index in [1.807, 2.05) is 89.8 Å². The zero-order valence-corrected chi connectivity index (χ0v) is 33.8. The lowest BCUT2D eigenvalue weighted by molar-refractivity contribution is -0.138. The van der Waals surface area contributed by atoms with E-state index in [2.05, 4.69) is 22.9 Å². The first-order valence-electron chi connectivity index (χ1n) is 20.7. The van der Waals surface area contributed by atoms with Crippen molar-refractivity contribution >= 4 is 29.5 Å². The molecular weight excluding hydrogens is 745 g/mol. The fraction of sp³-hybridized carbons (Fsp3) is 0.383. The van der Waals surface area contributed by atoms with Crippen LogP contribution in [0.1, 0.15) is 58.0 Å². The molecule has 2 aliphatic rings. The molecule has 2 aliphatic heterocycles. The smallest absolute Gasteiger partial charge is 0.251 e. The summed E-state index contributed by atoms with van der Waals surface area (Å²) >= 11 is 0. The minimum Gasteiger partial charge on any atom is -0.381 e. The van der Waals surface area contributed by atoms with Crippen LogP contribution < -0.4 is 21.7 Å². The summed E-state index contributed by atoms with van der Waals surface area (Å²) < 4.78 is 5.49. The molecule has 0 saturated carbocycles. The van der Waals surface area contributed by atoms with Gasteiger partial charge >= 0.3 is 0 Å². The second-order valence-electron chi connectivity index (χ2n) is 15.5. The number of benzene rings is 4. The summed E-state index contributed by atoms with van der Waals surface area (Å²) in [5.74, 6) is -1.01. The van der Waals surface area contributed by atoms with Crippen LogP contribution in [0.5, 0.6) is 0 Å². The van der Waals surface area contributed by atoms with Crippen molar-refractivity contribution in [1.82, 2.24) is 25.8 Å². The Kier molecular flexibility index (Phi) is 15.4. The summed E-state index contributed by atoms with van der Waals surface area (Å²) in [5, 5.41) is 8.30. The molecule has 3 atom stereocenters. The van der Waals surface area contributed by atoms with Crippen molar-refractivity contribution in [3.63, 3.8) is 0 Å². The van der Waals surface area contributed by atoms with E-state index >= 15 is 0 Å². The summed E-state index contributed by atoms with van der Waals surface area (Å²) in [5.41, 5.74) is 11.3. The second kappa shape index (κ2) is 21.2. The topological polar surface area (TPSA) is 163 Å². The van der Waals surface area contributed by atoms with Crippen LogP contribution in [0.2, 0.25) is 0 Å². The van der Waals surface area contributed by atoms with Crippen molar-refractivity contribution in [2.24, 2.45) is 17.6 Å². The molecule has 4 aromatic rings. The van der Waals surface area contributed by atoms with E-state index in [0.717, 1.165) is 41.5 Å². The molecule has 0 spiro atoms. The number of nitrogens with one attached hydrogen (secondary N) is 3. The molecular formula is C47H56N6O6. The maximum absolute atomic E-state index is 13.9. The van der Waals surface area contributed by atoms with Gasteiger partial charge in [-0.2, -0.15) is 0 Å². The predicted octanol–water partition coefficient (Wildman–Crippen LogP) is 4.23. The van der Waals surface area contributed by atoms with E-state index < -0.39 is 6.04 Å². The molecule has 310 valence electrons. The Morgan fingerprint density at radius 2 is 1.25 bits per heavy atom. The van der Waals surface area contributed by atoms with Crippen LogP contribution in [-0.4, -0.2) is 104 Å². The molecule has 0 unspecified atom stereocenters. The number of carbonyl (C=O) groups excluding carboxylic acids is 5. The van der Waals surface area contributed by atoms with Gasteiger partial charge in [-0.3, -0.25) is 24.0 Å². The van der Waals surface area contributed by atoms with Crippen molar-refractivity contribution in [1.29, 1.82) is 0 Å². The van der Waals surface area contributed by atoms with E-state index in [-0.39, 0.29) is 60.5 Å². The number of hydrogen-bond acceptors (Lipinski definition) is 7. The largest absolute Gasteiger partial charge is 0.381 e. The third kappa shape index (κ3) is 12.1. The van der Waals surface area contributed by atoms with Crippen LogP contribution in [0.15, 0.2) is 109 Å². The lowest BCUT2D eigenvalue weighted by atomic mass is 9.91. The van der Waals surface area contributed by atoms with Gasteiger partial charge in [-0.05, 0) is 90.5 Å². The van der Waals surface area contributed by atoms with Crippen LogP contribution in [0.3, 0.4) is 0 Å². The maximum Gasteiger partial charge on any atom is 0.251 e. The molecule has 59 heavy (non-hydrogen) atoms. The number of ether oxygens (including phenoxy) is 1. The molecule has 0 aliphatic carbocycles. The van der Waals surface area contributed by atoms with Gasteiger partial charge in [0.15, 0.2) is 0 Å². The van der Waals surface area contributed by atoms with Gasteiger partial charge in [0.05, 0.1) is 25.2 Å². The van der Waals surface area contributed by atoms with Crippen molar-refractivity contribution in [3.05, 3.63) is 131 Å². The molecule has 6 rings (SSSR count). The third-order valence-electron chi connectivity index (χ3n) is 11.5. The molecule has 2 heterocycles. The zero-order chi connectivity index (χ0) is 41.6. The molecule has 12 nitrogen and oxygen atoms in total. The van der Waals surface area contributed by atoms with E-state index in [9.17, 15) is 24.0 Å². The number of hydrogen-bond donors (Lipinski definition) is 4. The van der Waals surface area contributed by atoms with Crippen LogP contribution >= 0.6 is 0 Å². The molecule has 0 radical (unpaired) electrons. The number of carbonyl (C=O) groups is 5. The fourth-order valence-corrected chi connectivity index (χ4v) is 7.79. The highest BCUT2D eigenvalue weighted by molar-refractivity contribution is 5.98. The highest BCUT2D eigenvalue weighted by atomic mass is 16.5. The Bertz CT molecular complexity index is 2000. The average molecular weight is 801 g/mol. The van der Waals surface area contributed by atoms with Crippen molar-refractivity contribution in [3.8, 4) is 11.1 Å². The second-order valence-corrected chi connectivity index (χ2v) is 15.5. The SMILES string of the molecule is C[C@H]1CCN(C(=O)[C@@H](N)C2CCOCC2)[C@@H]1CN(CCc1ccccc1)C(=O)CNC(=O)c1ccc(-c2ccc(C(=O)NCC(=O)NCCc3ccccc3)cc2)cc1. The van der Waals surface area contributed by atoms with Crippen LogP contribution in [-0.2, 0) is 32.0 Å². The van der Waals surface area contributed by atoms with E-state index in [4.69, 9.17) is 10.5 Å². The Labute approximate surface area is 346 Å². The number of likely N-dealkylation sites (tertiary alicyclic amines) is 1. The monoisotopic (exact) mass is 800 g/mol. The van der Waals surface area contributed by atoms with E-state index in [0.29, 0.717) is 63.4 Å². The minimum atomic E-state index is -0.599. The van der Waals surface area contributed by atoms with Crippen LogP contribution in [0, 0.1) is 11.8 Å². The summed E-state index contributed by atoms with van der Waals surface area (Å²) in [4.78, 5) is 69.5. The van der Waals surface area contributed by atoms with Gasteiger partial charge in [0.25, 0.3) is 11.8 Å². The van der Waals surface area contributed by atoms with Gasteiger partial charge in [-0.1, -0.05) is 91.9 Å². The lowest BCUT2D eigenvalue weighted by Crippen LogP contribution is -2.54. The van der Waals surface area contributed by atoms with Crippen LogP contribution in [0.4, 0.5) is 0 Å². The molecule has 4 aromatic carbocycles. The highest BCUT2D eigenvalue weighted by Crippen LogP contribution is 2.28. The number of nitrogens with two attached hydrogens (primary N) is 1. The summed E-state index contributed by atoms with van der Waals surface area (Å²) in [7, 11) is 0. The normalized spacial score (nSPS) is 17.2. The third-order valence-corrected chi connectivity index (χ3v) is 11.5. The van der Waals surface area contributed by atoms with Crippen molar-refractivity contribution in [2.45, 2.75) is 51.1 Å². The Hall–Kier alpha value is -5.85. The maximum atomic E-state index is 13.9. The Morgan fingerprint density at radius 1 is 0.712 bits per heavy atom. The lowest BCUT2D eigenvalue weighted by Gasteiger charge is -2.36. The molecule has 2 fully saturated rings. The standard InChI is InChI=1S/C47H56N6O6/c1-33-21-27-53(47(58)44(48)38-23-28-59-29-24-38)41(33)32-52(26-22-35-10-6-3-7-11-35)43(55)31-51-46(57)40-18-14-37(15-19-40)36-12-16-39(17-13-36)45(56)50-30-42(54)49-25-20-34-8-4-2-5-9-34/h2-19,33,38,41,44H,20-32,48H2,1H3,(H,49,54)(H,50,56)(H,51,57)/t33-,41+,44-/m0/s1. The van der Waals surface area contributed by atoms with Gasteiger partial charge in [0, 0.05) is 50.5 Å². The Balaban J connectivity index is 1.01. The Morgan fingerprint density at radius 3 is 1.83 bits per heavy atom. The fourth-order valence-electron chi connectivity index (χ4n) is 7.79. The van der Waals surface area contributed by atoms with E-state index in [1.54, 1.807) is 29.2 Å². The summed E-state index contributed by atoms with van der Waals surface area (Å²) in [6.07, 6.45) is 3.70. The zero-order valence-electron chi connectivity index (χ0n) is 33.8. The summed E-state index contributed by atoms with van der Waals surface area (Å²) in [6, 6.07) is 33.1. The number of rotatable bonds is 17. The van der Waals surface area contributed by atoms with E-state index in [1.165, 1.54) is 0 Å². The van der Waals surface area contributed by atoms with Crippen molar-refractivity contribution < 1.29 is 28.7 Å². The molecule has 5 amide bonds. The first-order valence-corrected chi connectivity index (χ1v) is 20.7. The predicted molar refractivity (Wildman–Crippen MR) is 227 cm³/mol. The van der Waals surface area contributed by atoms with Gasteiger partial charge < -0.3 is 36.2 Å².